The maximum atomic E-state index is 12.8. The summed E-state index contributed by atoms with van der Waals surface area (Å²) in [6.45, 7) is 8.41. The predicted octanol–water partition coefficient (Wildman–Crippen LogP) is 5.18. The number of aryl methyl sites for hydroxylation is 1. The minimum absolute atomic E-state index is 0.147. The molecule has 0 spiro atoms. The lowest BCUT2D eigenvalue weighted by Gasteiger charge is -2.20. The van der Waals surface area contributed by atoms with Gasteiger partial charge in [0.05, 0.1) is 11.1 Å². The molecule has 0 aliphatic rings. The van der Waals surface area contributed by atoms with E-state index < -0.39 is 10.0 Å². The fourth-order valence-electron chi connectivity index (χ4n) is 2.97. The summed E-state index contributed by atoms with van der Waals surface area (Å²) in [5.74, 6) is 0.733. The standard InChI is InChI=1S/C25H28N2O3S/c1-19-10-13-22(25(2,3)4)16-24(19)31(28,29)27-26-17-20-11-14-23(15-12-20)30-18-21-8-6-5-7-9-21/h5-17,27H,18H2,1-4H3/b26-17+. The second kappa shape index (κ2) is 9.35. The van der Waals surface area contributed by atoms with Crippen molar-refractivity contribution < 1.29 is 13.2 Å². The maximum Gasteiger partial charge on any atom is 0.276 e. The van der Waals surface area contributed by atoms with Gasteiger partial charge in [-0.25, -0.2) is 4.83 Å². The molecule has 0 aromatic heterocycles. The number of ether oxygens (including phenoxy) is 1. The van der Waals surface area contributed by atoms with E-state index in [-0.39, 0.29) is 10.3 Å². The van der Waals surface area contributed by atoms with Crippen molar-refractivity contribution in [3.05, 3.63) is 95.1 Å². The molecule has 0 unspecified atom stereocenters. The quantitative estimate of drug-likeness (QED) is 0.410. The molecule has 0 amide bonds. The number of sulfonamides is 1. The Morgan fingerprint density at radius 3 is 2.29 bits per heavy atom. The van der Waals surface area contributed by atoms with Crippen LogP contribution in [0, 0.1) is 6.92 Å². The van der Waals surface area contributed by atoms with E-state index in [0.29, 0.717) is 12.2 Å². The van der Waals surface area contributed by atoms with Gasteiger partial charge < -0.3 is 4.74 Å². The molecule has 0 radical (unpaired) electrons. The van der Waals surface area contributed by atoms with Crippen LogP contribution in [0.1, 0.15) is 43.0 Å². The molecule has 162 valence electrons. The molecule has 3 aromatic carbocycles. The monoisotopic (exact) mass is 436 g/mol. The molecule has 3 rings (SSSR count). The van der Waals surface area contributed by atoms with Crippen LogP contribution >= 0.6 is 0 Å². The van der Waals surface area contributed by atoms with Gasteiger partial charge in [-0.1, -0.05) is 63.2 Å². The highest BCUT2D eigenvalue weighted by atomic mass is 32.2. The third-order valence-electron chi connectivity index (χ3n) is 4.86. The van der Waals surface area contributed by atoms with Gasteiger partial charge in [0.1, 0.15) is 12.4 Å². The van der Waals surface area contributed by atoms with E-state index >= 15 is 0 Å². The third-order valence-corrected chi connectivity index (χ3v) is 6.22. The van der Waals surface area contributed by atoms with Crippen LogP contribution in [0.2, 0.25) is 0 Å². The van der Waals surface area contributed by atoms with E-state index in [4.69, 9.17) is 4.74 Å². The molecular weight excluding hydrogens is 408 g/mol. The van der Waals surface area contributed by atoms with Crippen molar-refractivity contribution in [3.63, 3.8) is 0 Å². The molecule has 31 heavy (non-hydrogen) atoms. The Labute approximate surface area is 184 Å². The minimum atomic E-state index is -3.76. The van der Waals surface area contributed by atoms with Crippen molar-refractivity contribution in [1.29, 1.82) is 0 Å². The van der Waals surface area contributed by atoms with Gasteiger partial charge in [0.25, 0.3) is 10.0 Å². The Balaban J connectivity index is 1.64. The molecule has 0 aliphatic carbocycles. The van der Waals surface area contributed by atoms with Crippen molar-refractivity contribution >= 4 is 16.2 Å². The molecule has 5 nitrogen and oxygen atoms in total. The molecule has 0 saturated heterocycles. The molecule has 6 heteroatoms. The summed E-state index contributed by atoms with van der Waals surface area (Å²) in [5, 5.41) is 3.94. The number of nitrogens with one attached hydrogen (secondary N) is 1. The molecule has 0 heterocycles. The molecule has 1 N–H and O–H groups in total. The summed E-state index contributed by atoms with van der Waals surface area (Å²) in [4.78, 5) is 2.55. The average Bonchev–Trinajstić information content (AvgIpc) is 2.73. The predicted molar refractivity (Wildman–Crippen MR) is 125 cm³/mol. The SMILES string of the molecule is Cc1ccc(C(C)(C)C)cc1S(=O)(=O)N/N=C/c1ccc(OCc2ccccc2)cc1. The van der Waals surface area contributed by atoms with Gasteiger partial charge in [0, 0.05) is 0 Å². The van der Waals surface area contributed by atoms with E-state index in [9.17, 15) is 8.42 Å². The molecule has 0 saturated carbocycles. The van der Waals surface area contributed by atoms with Gasteiger partial charge in [-0.05, 0) is 64.9 Å². The molecule has 0 bridgehead atoms. The van der Waals surface area contributed by atoms with E-state index in [2.05, 4.69) is 9.93 Å². The third kappa shape index (κ3) is 6.18. The van der Waals surface area contributed by atoms with Crippen LogP contribution in [-0.4, -0.2) is 14.6 Å². The van der Waals surface area contributed by atoms with Gasteiger partial charge in [0.2, 0.25) is 0 Å². The Bertz CT molecular complexity index is 1150. The van der Waals surface area contributed by atoms with Gasteiger partial charge in [-0.15, -0.1) is 0 Å². The van der Waals surface area contributed by atoms with E-state index in [0.717, 1.165) is 22.4 Å². The zero-order valence-electron chi connectivity index (χ0n) is 18.3. The van der Waals surface area contributed by atoms with Gasteiger partial charge >= 0.3 is 0 Å². The zero-order valence-corrected chi connectivity index (χ0v) is 19.1. The van der Waals surface area contributed by atoms with E-state index in [1.54, 1.807) is 13.0 Å². The van der Waals surface area contributed by atoms with Gasteiger partial charge in [-0.3, -0.25) is 0 Å². The summed E-state index contributed by atoms with van der Waals surface area (Å²) >= 11 is 0. The van der Waals surface area contributed by atoms with E-state index in [1.165, 1.54) is 6.21 Å². The first kappa shape index (κ1) is 22.6. The van der Waals surface area contributed by atoms with Crippen molar-refractivity contribution in [3.8, 4) is 5.75 Å². The first-order chi connectivity index (χ1) is 14.6. The lowest BCUT2D eigenvalue weighted by molar-refractivity contribution is 0.306. The number of rotatable bonds is 7. The molecule has 3 aromatic rings. The molecule has 0 aliphatic heterocycles. The first-order valence-electron chi connectivity index (χ1n) is 10.1. The van der Waals surface area contributed by atoms with Crippen molar-refractivity contribution in [2.24, 2.45) is 5.10 Å². The highest BCUT2D eigenvalue weighted by Crippen LogP contribution is 2.26. The summed E-state index contributed by atoms with van der Waals surface area (Å²) in [6.07, 6.45) is 1.47. The second-order valence-electron chi connectivity index (χ2n) is 8.43. The Kier molecular flexibility index (Phi) is 6.81. The minimum Gasteiger partial charge on any atom is -0.489 e. The van der Waals surface area contributed by atoms with Crippen LogP contribution in [0.4, 0.5) is 0 Å². The Morgan fingerprint density at radius 1 is 0.968 bits per heavy atom. The largest absolute Gasteiger partial charge is 0.489 e. The van der Waals surface area contributed by atoms with Crippen molar-refractivity contribution in [1.82, 2.24) is 4.83 Å². The molecule has 0 fully saturated rings. The first-order valence-corrected chi connectivity index (χ1v) is 11.6. The number of benzene rings is 3. The maximum absolute atomic E-state index is 12.8. The fourth-order valence-corrected chi connectivity index (χ4v) is 4.03. The highest BCUT2D eigenvalue weighted by Gasteiger charge is 2.21. The topological polar surface area (TPSA) is 67.8 Å². The number of hydrogen-bond acceptors (Lipinski definition) is 4. The van der Waals surface area contributed by atoms with Crippen molar-refractivity contribution in [2.75, 3.05) is 0 Å². The van der Waals surface area contributed by atoms with Crippen LogP contribution in [0.5, 0.6) is 5.75 Å². The Morgan fingerprint density at radius 2 is 1.65 bits per heavy atom. The zero-order chi connectivity index (χ0) is 22.5. The smallest absolute Gasteiger partial charge is 0.276 e. The van der Waals surface area contributed by atoms with E-state index in [1.807, 2.05) is 87.5 Å². The highest BCUT2D eigenvalue weighted by molar-refractivity contribution is 7.89. The van der Waals surface area contributed by atoms with Crippen molar-refractivity contribution in [2.45, 2.75) is 44.6 Å². The summed E-state index contributed by atoms with van der Waals surface area (Å²) in [7, 11) is -3.76. The van der Waals surface area contributed by atoms with Crippen LogP contribution < -0.4 is 9.57 Å². The lowest BCUT2D eigenvalue weighted by atomic mass is 9.87. The average molecular weight is 437 g/mol. The molecule has 0 atom stereocenters. The van der Waals surface area contributed by atoms with Crippen LogP contribution in [0.3, 0.4) is 0 Å². The summed E-state index contributed by atoms with van der Waals surface area (Å²) in [5.41, 5.74) is 3.33. The van der Waals surface area contributed by atoms with Gasteiger partial charge in [0.15, 0.2) is 0 Å². The molecular formula is C25H28N2O3S. The normalized spacial score (nSPS) is 12.1. The lowest BCUT2D eigenvalue weighted by Crippen LogP contribution is -2.21. The van der Waals surface area contributed by atoms with Gasteiger partial charge in [-0.2, -0.15) is 13.5 Å². The van der Waals surface area contributed by atoms with Crippen LogP contribution in [0.25, 0.3) is 0 Å². The second-order valence-corrected chi connectivity index (χ2v) is 10.1. The number of nitrogens with zero attached hydrogens (tertiary/aromatic N) is 1. The number of hydrogen-bond donors (Lipinski definition) is 1. The summed E-state index contributed by atoms with van der Waals surface area (Å²) < 4.78 is 31.3. The summed E-state index contributed by atoms with van der Waals surface area (Å²) in [6, 6.07) is 22.7. The Hall–Kier alpha value is -3.12. The van der Waals surface area contributed by atoms with Crippen LogP contribution in [0.15, 0.2) is 82.8 Å². The van der Waals surface area contributed by atoms with Crippen LogP contribution in [-0.2, 0) is 22.0 Å². The number of hydrazone groups is 1. The fraction of sp³-hybridized carbons (Fsp3) is 0.240.